The standard InChI is InChI=1S/C14H17BrN2O3S/c1-7(2)20-13(18)11-8(3)17(4)14(19)16-12(11)9-5-6-10(15)21-9/h5-7,12H,1-4H3,(H,16,19)/t12-/m0/s1. The van der Waals surface area contributed by atoms with Crippen molar-refractivity contribution in [1.29, 1.82) is 0 Å². The number of allylic oxidation sites excluding steroid dienone is 1. The van der Waals surface area contributed by atoms with E-state index in [0.717, 1.165) is 8.66 Å². The van der Waals surface area contributed by atoms with Crippen molar-refractivity contribution in [2.45, 2.75) is 32.9 Å². The summed E-state index contributed by atoms with van der Waals surface area (Å²) in [5, 5.41) is 2.85. The molecule has 1 aromatic heterocycles. The summed E-state index contributed by atoms with van der Waals surface area (Å²) in [7, 11) is 1.63. The van der Waals surface area contributed by atoms with Gasteiger partial charge in [-0.3, -0.25) is 0 Å². The number of amides is 2. The molecule has 0 unspecified atom stereocenters. The number of urea groups is 1. The van der Waals surface area contributed by atoms with Crippen LogP contribution in [0.25, 0.3) is 0 Å². The van der Waals surface area contributed by atoms with E-state index >= 15 is 0 Å². The van der Waals surface area contributed by atoms with E-state index in [1.165, 1.54) is 16.2 Å². The summed E-state index contributed by atoms with van der Waals surface area (Å²) >= 11 is 4.88. The van der Waals surface area contributed by atoms with E-state index < -0.39 is 12.0 Å². The van der Waals surface area contributed by atoms with E-state index in [1.807, 2.05) is 12.1 Å². The van der Waals surface area contributed by atoms with Crippen molar-refractivity contribution in [2.24, 2.45) is 0 Å². The first-order chi connectivity index (χ1) is 9.81. The summed E-state index contributed by atoms with van der Waals surface area (Å²) in [4.78, 5) is 26.7. The molecule has 0 spiro atoms. The lowest BCUT2D eigenvalue weighted by atomic mass is 10.0. The fourth-order valence-corrected chi connectivity index (χ4v) is 3.56. The number of nitrogens with one attached hydrogen (secondary N) is 1. The predicted molar refractivity (Wildman–Crippen MR) is 85.0 cm³/mol. The van der Waals surface area contributed by atoms with Gasteiger partial charge in [0, 0.05) is 17.6 Å². The van der Waals surface area contributed by atoms with Gasteiger partial charge in [0.05, 0.1) is 21.5 Å². The Morgan fingerprint density at radius 3 is 2.67 bits per heavy atom. The Bertz CT molecular complexity index is 609. The van der Waals surface area contributed by atoms with Crippen molar-refractivity contribution < 1.29 is 14.3 Å². The smallest absolute Gasteiger partial charge is 0.338 e. The predicted octanol–water partition coefficient (Wildman–Crippen LogP) is 3.43. The van der Waals surface area contributed by atoms with E-state index in [0.29, 0.717) is 11.3 Å². The first-order valence-corrected chi connectivity index (χ1v) is 8.13. The van der Waals surface area contributed by atoms with Crippen LogP contribution in [0.15, 0.2) is 27.2 Å². The number of hydrogen-bond acceptors (Lipinski definition) is 4. The number of esters is 1. The summed E-state index contributed by atoms with van der Waals surface area (Å²) in [5.41, 5.74) is 1.08. The van der Waals surface area contributed by atoms with E-state index in [2.05, 4.69) is 21.2 Å². The van der Waals surface area contributed by atoms with Gasteiger partial charge in [0.2, 0.25) is 0 Å². The van der Waals surface area contributed by atoms with Gasteiger partial charge in [-0.15, -0.1) is 11.3 Å². The molecule has 2 rings (SSSR count). The zero-order valence-electron chi connectivity index (χ0n) is 12.3. The van der Waals surface area contributed by atoms with Gasteiger partial charge in [0.25, 0.3) is 0 Å². The molecule has 0 fully saturated rings. The second-order valence-electron chi connectivity index (χ2n) is 5.04. The van der Waals surface area contributed by atoms with Gasteiger partial charge in [0.15, 0.2) is 0 Å². The molecule has 1 aliphatic heterocycles. The van der Waals surface area contributed by atoms with Gasteiger partial charge in [-0.05, 0) is 48.8 Å². The Balaban J connectivity index is 2.46. The molecule has 7 heteroatoms. The number of rotatable bonds is 3. The summed E-state index contributed by atoms with van der Waals surface area (Å²) in [6.07, 6.45) is -0.212. The van der Waals surface area contributed by atoms with Gasteiger partial charge >= 0.3 is 12.0 Å². The number of ether oxygens (including phenoxy) is 1. The third kappa shape index (κ3) is 3.29. The molecule has 5 nitrogen and oxygen atoms in total. The molecule has 1 aliphatic rings. The molecule has 1 atom stereocenters. The van der Waals surface area contributed by atoms with E-state index in [-0.39, 0.29) is 12.1 Å². The van der Waals surface area contributed by atoms with Crippen LogP contribution >= 0.6 is 27.3 Å². The first kappa shape index (κ1) is 16.0. The summed E-state index contributed by atoms with van der Waals surface area (Å²) in [6.45, 7) is 5.36. The molecular weight excluding hydrogens is 356 g/mol. The van der Waals surface area contributed by atoms with Gasteiger partial charge in [-0.1, -0.05) is 0 Å². The normalized spacial score (nSPS) is 19.0. The van der Waals surface area contributed by atoms with Gasteiger partial charge in [-0.25, -0.2) is 9.59 Å². The zero-order chi connectivity index (χ0) is 15.7. The van der Waals surface area contributed by atoms with Crippen LogP contribution in [-0.4, -0.2) is 30.1 Å². The molecule has 0 radical (unpaired) electrons. The summed E-state index contributed by atoms with van der Waals surface area (Å²) in [5.74, 6) is -0.399. The van der Waals surface area contributed by atoms with Crippen LogP contribution < -0.4 is 5.32 Å². The molecule has 0 saturated heterocycles. The van der Waals surface area contributed by atoms with Crippen LogP contribution in [0.3, 0.4) is 0 Å². The minimum atomic E-state index is -0.476. The molecule has 2 amide bonds. The fourth-order valence-electron chi connectivity index (χ4n) is 2.07. The lowest BCUT2D eigenvalue weighted by molar-refractivity contribution is -0.143. The van der Waals surface area contributed by atoms with Crippen molar-refractivity contribution in [3.63, 3.8) is 0 Å². The second kappa shape index (κ2) is 6.19. The highest BCUT2D eigenvalue weighted by Crippen LogP contribution is 2.35. The summed E-state index contributed by atoms with van der Waals surface area (Å²) in [6, 6.07) is 3.07. The third-order valence-corrected chi connectivity index (χ3v) is 4.88. The quantitative estimate of drug-likeness (QED) is 0.826. The Hall–Kier alpha value is -1.34. The van der Waals surface area contributed by atoms with Crippen molar-refractivity contribution in [1.82, 2.24) is 10.2 Å². The van der Waals surface area contributed by atoms with Crippen molar-refractivity contribution in [2.75, 3.05) is 7.05 Å². The minimum absolute atomic E-state index is 0.212. The molecule has 0 aromatic carbocycles. The molecule has 0 saturated carbocycles. The van der Waals surface area contributed by atoms with Crippen LogP contribution in [0.4, 0.5) is 4.79 Å². The highest BCUT2D eigenvalue weighted by atomic mass is 79.9. The fraction of sp³-hybridized carbons (Fsp3) is 0.429. The maximum Gasteiger partial charge on any atom is 0.338 e. The van der Waals surface area contributed by atoms with E-state index in [9.17, 15) is 9.59 Å². The van der Waals surface area contributed by atoms with Crippen LogP contribution in [0, 0.1) is 0 Å². The highest BCUT2D eigenvalue weighted by Gasteiger charge is 2.35. The molecule has 0 bridgehead atoms. The third-order valence-electron chi connectivity index (χ3n) is 3.20. The Labute approximate surface area is 136 Å². The number of carbonyl (C=O) groups excluding carboxylic acids is 2. The summed E-state index contributed by atoms with van der Waals surface area (Å²) < 4.78 is 6.26. The van der Waals surface area contributed by atoms with Crippen molar-refractivity contribution in [3.8, 4) is 0 Å². The highest BCUT2D eigenvalue weighted by molar-refractivity contribution is 9.11. The SMILES string of the molecule is CC1=C(C(=O)OC(C)C)[C@H](c2ccc(Br)s2)NC(=O)N1C. The zero-order valence-corrected chi connectivity index (χ0v) is 14.7. The van der Waals surface area contributed by atoms with Crippen molar-refractivity contribution in [3.05, 3.63) is 32.1 Å². The monoisotopic (exact) mass is 372 g/mol. The number of halogens is 1. The van der Waals surface area contributed by atoms with Crippen molar-refractivity contribution >= 4 is 39.3 Å². The molecule has 2 heterocycles. The molecule has 1 aromatic rings. The lowest BCUT2D eigenvalue weighted by Crippen LogP contribution is -2.46. The van der Waals surface area contributed by atoms with Crippen LogP contribution in [0.2, 0.25) is 0 Å². The van der Waals surface area contributed by atoms with E-state index in [1.54, 1.807) is 27.8 Å². The topological polar surface area (TPSA) is 58.6 Å². The number of thiophene rings is 1. The van der Waals surface area contributed by atoms with Crippen LogP contribution in [0.1, 0.15) is 31.7 Å². The second-order valence-corrected chi connectivity index (χ2v) is 7.53. The molecular formula is C14H17BrN2O3S. The van der Waals surface area contributed by atoms with Gasteiger partial charge in [0.1, 0.15) is 0 Å². The largest absolute Gasteiger partial charge is 0.459 e. The average Bonchev–Trinajstić information content (AvgIpc) is 2.81. The van der Waals surface area contributed by atoms with Gasteiger partial charge in [-0.2, -0.15) is 0 Å². The Morgan fingerprint density at radius 2 is 2.14 bits per heavy atom. The number of carbonyl (C=O) groups is 2. The molecule has 0 aliphatic carbocycles. The number of nitrogens with zero attached hydrogens (tertiary/aromatic N) is 1. The van der Waals surface area contributed by atoms with Crippen LogP contribution in [-0.2, 0) is 9.53 Å². The molecule has 21 heavy (non-hydrogen) atoms. The molecule has 1 N–H and O–H groups in total. The maximum absolute atomic E-state index is 12.4. The lowest BCUT2D eigenvalue weighted by Gasteiger charge is -2.32. The average molecular weight is 373 g/mol. The van der Waals surface area contributed by atoms with E-state index in [4.69, 9.17) is 4.74 Å². The number of hydrogen-bond donors (Lipinski definition) is 1. The Kier molecular flexibility index (Phi) is 4.73. The first-order valence-electron chi connectivity index (χ1n) is 6.52. The molecule has 114 valence electrons. The van der Waals surface area contributed by atoms with Gasteiger partial charge < -0.3 is 15.0 Å². The maximum atomic E-state index is 12.4. The minimum Gasteiger partial charge on any atom is -0.459 e. The van der Waals surface area contributed by atoms with Crippen LogP contribution in [0.5, 0.6) is 0 Å². The Morgan fingerprint density at radius 1 is 1.48 bits per heavy atom.